The minimum absolute atomic E-state index is 0.110. The van der Waals surface area contributed by atoms with Gasteiger partial charge in [-0.15, -0.1) is 0 Å². The summed E-state index contributed by atoms with van der Waals surface area (Å²) in [4.78, 5) is 27.4. The van der Waals surface area contributed by atoms with E-state index in [1.54, 1.807) is 18.2 Å². The van der Waals surface area contributed by atoms with E-state index in [9.17, 15) is 9.59 Å². The molecule has 2 aliphatic rings. The average molecular weight is 308 g/mol. The fraction of sp³-hybridized carbons (Fsp3) is 0.500. The molecule has 0 amide bonds. The monoisotopic (exact) mass is 307 g/mol. The summed E-state index contributed by atoms with van der Waals surface area (Å²) in [6, 6.07) is 4.84. The summed E-state index contributed by atoms with van der Waals surface area (Å²) in [7, 11) is 0. The largest absolute Gasteiger partial charge is 0.333 e. The molecule has 1 aliphatic heterocycles. The van der Waals surface area contributed by atoms with Gasteiger partial charge >= 0.3 is 0 Å². The molecular weight excluding hydrogens is 290 g/mol. The predicted octanol–water partition coefficient (Wildman–Crippen LogP) is 2.94. The molecule has 112 valence electrons. The van der Waals surface area contributed by atoms with Gasteiger partial charge in [0.05, 0.1) is 0 Å². The number of benzene rings is 1. The number of hydrogen-bond acceptors (Lipinski definition) is 4. The Balaban J connectivity index is 2.03. The number of ether oxygens (including phenoxy) is 1. The zero-order valence-electron chi connectivity index (χ0n) is 12.2. The molecule has 0 aromatic heterocycles. The number of nitrogens with zero attached hydrogens (tertiary/aromatic N) is 1. The van der Waals surface area contributed by atoms with Crippen LogP contribution in [-0.4, -0.2) is 41.4 Å². The molecule has 1 fully saturated rings. The van der Waals surface area contributed by atoms with E-state index >= 15 is 0 Å². The lowest BCUT2D eigenvalue weighted by Crippen LogP contribution is -2.51. The third-order valence-corrected chi connectivity index (χ3v) is 4.34. The fourth-order valence-electron chi connectivity index (χ4n) is 3.17. The van der Waals surface area contributed by atoms with Gasteiger partial charge in [0.15, 0.2) is 11.9 Å². The molecule has 2 atom stereocenters. The van der Waals surface area contributed by atoms with Crippen molar-refractivity contribution in [3.8, 4) is 0 Å². The van der Waals surface area contributed by atoms with Crippen LogP contribution in [0.2, 0.25) is 5.02 Å². The zero-order valence-corrected chi connectivity index (χ0v) is 12.9. The zero-order chi connectivity index (χ0) is 15.2. The van der Waals surface area contributed by atoms with Crippen molar-refractivity contribution in [3.63, 3.8) is 0 Å². The van der Waals surface area contributed by atoms with E-state index < -0.39 is 11.8 Å². The lowest BCUT2D eigenvalue weighted by atomic mass is 9.85. The molecule has 0 spiro atoms. The number of hydrogen-bond donors (Lipinski definition) is 0. The molecule has 1 saturated heterocycles. The minimum Gasteiger partial charge on any atom is -0.333 e. The molecule has 1 aromatic rings. The van der Waals surface area contributed by atoms with Crippen molar-refractivity contribution in [2.24, 2.45) is 0 Å². The quantitative estimate of drug-likeness (QED) is 0.785. The first-order chi connectivity index (χ1) is 10.1. The lowest BCUT2D eigenvalue weighted by Gasteiger charge is -2.30. The SMILES string of the molecule is CCCN(CCC)C12OC1C(=O)c1cc(Cl)ccc1C2=O. The molecule has 0 radical (unpaired) electrons. The average Bonchev–Trinajstić information content (AvgIpc) is 3.22. The Labute approximate surface area is 129 Å². The predicted molar refractivity (Wildman–Crippen MR) is 79.9 cm³/mol. The van der Waals surface area contributed by atoms with Gasteiger partial charge in [0, 0.05) is 29.2 Å². The van der Waals surface area contributed by atoms with Crippen LogP contribution in [0.25, 0.3) is 0 Å². The van der Waals surface area contributed by atoms with Crippen molar-refractivity contribution < 1.29 is 14.3 Å². The molecule has 1 aromatic carbocycles. The van der Waals surface area contributed by atoms with Crippen molar-refractivity contribution in [1.29, 1.82) is 0 Å². The second-order valence-electron chi connectivity index (χ2n) is 5.56. The van der Waals surface area contributed by atoms with Crippen LogP contribution in [-0.2, 0) is 4.74 Å². The van der Waals surface area contributed by atoms with Crippen LogP contribution in [0.1, 0.15) is 47.4 Å². The Kier molecular flexibility index (Phi) is 3.64. The summed E-state index contributed by atoms with van der Waals surface area (Å²) in [5.74, 6) is -0.245. The molecular formula is C16H18ClNO3. The summed E-state index contributed by atoms with van der Waals surface area (Å²) in [6.45, 7) is 5.59. The first-order valence-corrected chi connectivity index (χ1v) is 7.75. The van der Waals surface area contributed by atoms with Crippen LogP contribution in [0.15, 0.2) is 18.2 Å². The number of rotatable bonds is 5. The topological polar surface area (TPSA) is 49.9 Å². The summed E-state index contributed by atoms with van der Waals surface area (Å²) >= 11 is 5.93. The van der Waals surface area contributed by atoms with Crippen molar-refractivity contribution in [2.45, 2.75) is 38.5 Å². The Bertz CT molecular complexity index is 610. The van der Waals surface area contributed by atoms with Crippen molar-refractivity contribution >= 4 is 23.2 Å². The van der Waals surface area contributed by atoms with E-state index in [1.165, 1.54) is 0 Å². The third kappa shape index (κ3) is 2.05. The molecule has 1 aliphatic carbocycles. The molecule has 5 heteroatoms. The summed E-state index contributed by atoms with van der Waals surface area (Å²) in [6.07, 6.45) is 1.15. The second-order valence-corrected chi connectivity index (χ2v) is 6.00. The maximum atomic E-state index is 12.9. The third-order valence-electron chi connectivity index (χ3n) is 4.11. The maximum absolute atomic E-state index is 12.9. The van der Waals surface area contributed by atoms with Gasteiger partial charge in [0.1, 0.15) is 0 Å². The summed E-state index contributed by atoms with van der Waals surface area (Å²) in [5.41, 5.74) is -0.252. The first-order valence-electron chi connectivity index (χ1n) is 7.37. The summed E-state index contributed by atoms with van der Waals surface area (Å²) in [5, 5.41) is 0.460. The van der Waals surface area contributed by atoms with Gasteiger partial charge in [-0.1, -0.05) is 25.4 Å². The normalized spacial score (nSPS) is 26.8. The number of ketones is 2. The van der Waals surface area contributed by atoms with Crippen LogP contribution in [0.5, 0.6) is 0 Å². The van der Waals surface area contributed by atoms with E-state index in [1.807, 2.05) is 4.90 Å². The van der Waals surface area contributed by atoms with Crippen LogP contribution < -0.4 is 0 Å². The molecule has 1 heterocycles. The van der Waals surface area contributed by atoms with Gasteiger partial charge in [-0.25, -0.2) is 0 Å². The van der Waals surface area contributed by atoms with Crippen molar-refractivity contribution in [3.05, 3.63) is 34.3 Å². The van der Waals surface area contributed by atoms with E-state index in [0.29, 0.717) is 16.1 Å². The van der Waals surface area contributed by atoms with Crippen LogP contribution in [0.4, 0.5) is 0 Å². The Hall–Kier alpha value is -1.23. The number of halogens is 1. The molecule has 0 N–H and O–H groups in total. The highest BCUT2D eigenvalue weighted by Crippen LogP contribution is 2.48. The fourth-order valence-corrected chi connectivity index (χ4v) is 3.34. The number of carbonyl (C=O) groups is 2. The van der Waals surface area contributed by atoms with E-state index in [2.05, 4.69) is 13.8 Å². The Morgan fingerprint density at radius 3 is 2.48 bits per heavy atom. The van der Waals surface area contributed by atoms with Gasteiger partial charge < -0.3 is 4.74 Å². The van der Waals surface area contributed by atoms with Crippen LogP contribution in [0.3, 0.4) is 0 Å². The molecule has 3 rings (SSSR count). The highest BCUT2D eigenvalue weighted by atomic mass is 35.5. The van der Waals surface area contributed by atoms with Gasteiger partial charge in [0.25, 0.3) is 0 Å². The number of epoxide rings is 1. The van der Waals surface area contributed by atoms with Crippen molar-refractivity contribution in [1.82, 2.24) is 4.90 Å². The lowest BCUT2D eigenvalue weighted by molar-refractivity contribution is 0.0500. The van der Waals surface area contributed by atoms with E-state index in [0.717, 1.165) is 25.9 Å². The maximum Gasteiger partial charge on any atom is 0.221 e. The van der Waals surface area contributed by atoms with Gasteiger partial charge in [0.2, 0.25) is 11.5 Å². The minimum atomic E-state index is -1.07. The van der Waals surface area contributed by atoms with Gasteiger partial charge in [-0.05, 0) is 31.0 Å². The number of fused-ring (bicyclic) bond motifs is 2. The molecule has 2 unspecified atom stereocenters. The van der Waals surface area contributed by atoms with E-state index in [-0.39, 0.29) is 11.6 Å². The molecule has 0 bridgehead atoms. The van der Waals surface area contributed by atoms with Gasteiger partial charge in [-0.2, -0.15) is 0 Å². The second kappa shape index (κ2) is 5.20. The van der Waals surface area contributed by atoms with Crippen LogP contribution >= 0.6 is 11.6 Å². The Morgan fingerprint density at radius 2 is 1.86 bits per heavy atom. The standard InChI is InChI=1S/C16H18ClNO3/c1-3-7-18(8-4-2)16-14(20)11-6-5-10(17)9-12(11)13(19)15(16)21-16/h5-6,9,15H,3-4,7-8H2,1-2H3. The smallest absolute Gasteiger partial charge is 0.221 e. The van der Waals surface area contributed by atoms with Crippen LogP contribution in [0, 0.1) is 0 Å². The number of carbonyl (C=O) groups excluding carboxylic acids is 2. The highest BCUT2D eigenvalue weighted by molar-refractivity contribution is 6.32. The number of Topliss-reactive ketones (excluding diaryl/α,β-unsaturated/α-hetero) is 2. The van der Waals surface area contributed by atoms with Crippen molar-refractivity contribution in [2.75, 3.05) is 13.1 Å². The summed E-state index contributed by atoms with van der Waals surface area (Å²) < 4.78 is 5.66. The highest BCUT2D eigenvalue weighted by Gasteiger charge is 2.71. The first kappa shape index (κ1) is 14.7. The Morgan fingerprint density at radius 1 is 1.19 bits per heavy atom. The molecule has 4 nitrogen and oxygen atoms in total. The molecule has 0 saturated carbocycles. The van der Waals surface area contributed by atoms with E-state index in [4.69, 9.17) is 16.3 Å². The molecule has 21 heavy (non-hydrogen) atoms. The van der Waals surface area contributed by atoms with Gasteiger partial charge in [-0.3, -0.25) is 14.5 Å².